The Labute approximate surface area is 125 Å². The molecule has 0 aliphatic carbocycles. The van der Waals surface area contributed by atoms with Gasteiger partial charge in [0.25, 0.3) is 5.91 Å². The van der Waals surface area contributed by atoms with E-state index in [9.17, 15) is 4.79 Å². The minimum Gasteiger partial charge on any atom is -0.481 e. The minimum absolute atomic E-state index is 0.104. The van der Waals surface area contributed by atoms with Crippen molar-refractivity contribution in [2.45, 2.75) is 32.9 Å². The molecule has 2 aromatic carbocycles. The molecule has 0 bridgehead atoms. The summed E-state index contributed by atoms with van der Waals surface area (Å²) in [6.07, 6.45) is 0.366. The topological polar surface area (TPSA) is 64.3 Å². The number of fused-ring (bicyclic) bond motifs is 1. The molecule has 3 N–H and O–H groups in total. The first-order valence-corrected chi connectivity index (χ1v) is 7.32. The predicted molar refractivity (Wildman–Crippen MR) is 85.2 cm³/mol. The predicted octanol–water partition coefficient (Wildman–Crippen LogP) is 2.59. The smallest absolute Gasteiger partial charge is 0.260 e. The Morgan fingerprint density at radius 2 is 2.05 bits per heavy atom. The third-order valence-corrected chi connectivity index (χ3v) is 3.42. The molecule has 1 atom stereocenters. The number of hydrogen-bond donors (Lipinski definition) is 2. The summed E-state index contributed by atoms with van der Waals surface area (Å²) in [5.74, 6) is 0.573. The highest BCUT2D eigenvalue weighted by Gasteiger charge is 2.16. The van der Waals surface area contributed by atoms with E-state index in [1.165, 1.54) is 0 Å². The van der Waals surface area contributed by atoms with Crippen LogP contribution in [0.1, 0.15) is 25.8 Å². The van der Waals surface area contributed by atoms with Crippen molar-refractivity contribution in [3.8, 4) is 5.75 Å². The summed E-state index contributed by atoms with van der Waals surface area (Å²) in [5.41, 5.74) is 6.80. The lowest BCUT2D eigenvalue weighted by Crippen LogP contribution is -2.36. The third kappa shape index (κ3) is 3.52. The number of amides is 1. The Morgan fingerprint density at radius 1 is 1.29 bits per heavy atom. The molecule has 0 aromatic heterocycles. The SMILES string of the molecule is CCCNC(=O)C(C)Oc1ccc2ccccc2c1CN. The van der Waals surface area contributed by atoms with Crippen LogP contribution in [0, 0.1) is 0 Å². The normalized spacial score (nSPS) is 12.1. The molecule has 0 fully saturated rings. The van der Waals surface area contributed by atoms with Crippen LogP contribution in [0.25, 0.3) is 10.8 Å². The van der Waals surface area contributed by atoms with Gasteiger partial charge in [-0.05, 0) is 30.2 Å². The van der Waals surface area contributed by atoms with Crippen molar-refractivity contribution in [3.05, 3.63) is 42.0 Å². The molecule has 0 heterocycles. The van der Waals surface area contributed by atoms with Gasteiger partial charge in [0, 0.05) is 18.7 Å². The fraction of sp³-hybridized carbons (Fsp3) is 0.353. The van der Waals surface area contributed by atoms with E-state index in [4.69, 9.17) is 10.5 Å². The summed E-state index contributed by atoms with van der Waals surface area (Å²) in [6.45, 7) is 4.80. The summed E-state index contributed by atoms with van der Waals surface area (Å²) >= 11 is 0. The molecule has 0 saturated heterocycles. The Kier molecular flexibility index (Phi) is 5.17. The summed E-state index contributed by atoms with van der Waals surface area (Å²) in [4.78, 5) is 11.9. The van der Waals surface area contributed by atoms with Crippen LogP contribution in [0.4, 0.5) is 0 Å². The first-order valence-electron chi connectivity index (χ1n) is 7.32. The van der Waals surface area contributed by atoms with Gasteiger partial charge in [-0.15, -0.1) is 0 Å². The molecule has 2 aromatic rings. The molecule has 112 valence electrons. The number of nitrogens with one attached hydrogen (secondary N) is 1. The third-order valence-electron chi connectivity index (χ3n) is 3.42. The van der Waals surface area contributed by atoms with E-state index >= 15 is 0 Å². The van der Waals surface area contributed by atoms with Crippen LogP contribution in [0.2, 0.25) is 0 Å². The number of rotatable bonds is 6. The lowest BCUT2D eigenvalue weighted by atomic mass is 10.0. The van der Waals surface area contributed by atoms with E-state index in [2.05, 4.69) is 5.32 Å². The molecular formula is C17H22N2O2. The number of carbonyl (C=O) groups excluding carboxylic acids is 1. The van der Waals surface area contributed by atoms with Gasteiger partial charge in [-0.2, -0.15) is 0 Å². The van der Waals surface area contributed by atoms with Crippen LogP contribution in [0.5, 0.6) is 5.75 Å². The number of hydrogen-bond acceptors (Lipinski definition) is 3. The zero-order valence-electron chi connectivity index (χ0n) is 12.6. The first-order chi connectivity index (χ1) is 10.2. The standard InChI is InChI=1S/C17H22N2O2/c1-3-10-19-17(20)12(2)21-16-9-8-13-6-4-5-7-14(13)15(16)11-18/h4-9,12H,3,10-11,18H2,1-2H3,(H,19,20). The quantitative estimate of drug-likeness (QED) is 0.858. The molecule has 0 radical (unpaired) electrons. The molecule has 21 heavy (non-hydrogen) atoms. The average Bonchev–Trinajstić information content (AvgIpc) is 2.52. The largest absolute Gasteiger partial charge is 0.481 e. The van der Waals surface area contributed by atoms with Crippen LogP contribution in [-0.2, 0) is 11.3 Å². The van der Waals surface area contributed by atoms with Crippen LogP contribution in [0.15, 0.2) is 36.4 Å². The van der Waals surface area contributed by atoms with Crippen LogP contribution < -0.4 is 15.8 Å². The molecule has 0 aliphatic rings. The second-order valence-electron chi connectivity index (χ2n) is 5.02. The maximum absolute atomic E-state index is 11.9. The first kappa shape index (κ1) is 15.3. The average molecular weight is 286 g/mol. The van der Waals surface area contributed by atoms with Gasteiger partial charge >= 0.3 is 0 Å². The Balaban J connectivity index is 2.23. The van der Waals surface area contributed by atoms with E-state index in [1.54, 1.807) is 6.92 Å². The highest BCUT2D eigenvalue weighted by molar-refractivity contribution is 5.88. The van der Waals surface area contributed by atoms with Crippen molar-refractivity contribution in [3.63, 3.8) is 0 Å². The van der Waals surface area contributed by atoms with Crippen LogP contribution >= 0.6 is 0 Å². The van der Waals surface area contributed by atoms with Gasteiger partial charge in [-0.1, -0.05) is 37.3 Å². The van der Waals surface area contributed by atoms with Gasteiger partial charge in [0.2, 0.25) is 0 Å². The van der Waals surface area contributed by atoms with Crippen LogP contribution in [0.3, 0.4) is 0 Å². The van der Waals surface area contributed by atoms with Crippen molar-refractivity contribution >= 4 is 16.7 Å². The van der Waals surface area contributed by atoms with Crippen molar-refractivity contribution in [1.29, 1.82) is 0 Å². The molecule has 4 heteroatoms. The van der Waals surface area contributed by atoms with E-state index < -0.39 is 6.10 Å². The second-order valence-corrected chi connectivity index (χ2v) is 5.02. The summed E-state index contributed by atoms with van der Waals surface area (Å²) in [5, 5.41) is 5.02. The Bertz CT molecular complexity index is 625. The highest BCUT2D eigenvalue weighted by atomic mass is 16.5. The molecular weight excluding hydrogens is 264 g/mol. The highest BCUT2D eigenvalue weighted by Crippen LogP contribution is 2.28. The number of nitrogens with two attached hydrogens (primary N) is 1. The molecule has 4 nitrogen and oxygen atoms in total. The molecule has 1 unspecified atom stereocenters. The van der Waals surface area contributed by atoms with E-state index in [-0.39, 0.29) is 5.91 Å². The van der Waals surface area contributed by atoms with Gasteiger partial charge in [0.05, 0.1) is 0 Å². The van der Waals surface area contributed by atoms with E-state index in [0.29, 0.717) is 18.8 Å². The van der Waals surface area contributed by atoms with Crippen molar-refractivity contribution in [1.82, 2.24) is 5.32 Å². The Hall–Kier alpha value is -2.07. The number of carbonyl (C=O) groups is 1. The fourth-order valence-corrected chi connectivity index (χ4v) is 2.27. The zero-order valence-corrected chi connectivity index (χ0v) is 12.6. The second kappa shape index (κ2) is 7.09. The zero-order chi connectivity index (χ0) is 15.2. The van der Waals surface area contributed by atoms with Crippen LogP contribution in [-0.4, -0.2) is 18.6 Å². The lowest BCUT2D eigenvalue weighted by Gasteiger charge is -2.18. The van der Waals surface area contributed by atoms with E-state index in [0.717, 1.165) is 22.8 Å². The van der Waals surface area contributed by atoms with Gasteiger partial charge in [-0.3, -0.25) is 4.79 Å². The molecule has 2 rings (SSSR count). The number of ether oxygens (including phenoxy) is 1. The Morgan fingerprint density at radius 3 is 2.76 bits per heavy atom. The molecule has 0 aliphatic heterocycles. The monoisotopic (exact) mass is 286 g/mol. The summed E-state index contributed by atoms with van der Waals surface area (Å²) in [6, 6.07) is 11.9. The minimum atomic E-state index is -0.539. The van der Waals surface area contributed by atoms with Crippen molar-refractivity contribution < 1.29 is 9.53 Å². The summed E-state index contributed by atoms with van der Waals surface area (Å²) in [7, 11) is 0. The maximum Gasteiger partial charge on any atom is 0.260 e. The van der Waals surface area contributed by atoms with Gasteiger partial charge in [0.15, 0.2) is 6.10 Å². The maximum atomic E-state index is 11.9. The van der Waals surface area contributed by atoms with Gasteiger partial charge < -0.3 is 15.8 Å². The van der Waals surface area contributed by atoms with Crippen molar-refractivity contribution in [2.75, 3.05) is 6.54 Å². The van der Waals surface area contributed by atoms with Crippen molar-refractivity contribution in [2.24, 2.45) is 5.73 Å². The van der Waals surface area contributed by atoms with Gasteiger partial charge in [-0.25, -0.2) is 0 Å². The molecule has 1 amide bonds. The fourth-order valence-electron chi connectivity index (χ4n) is 2.27. The number of benzene rings is 2. The summed E-state index contributed by atoms with van der Waals surface area (Å²) < 4.78 is 5.81. The molecule has 0 spiro atoms. The van der Waals surface area contributed by atoms with E-state index in [1.807, 2.05) is 43.3 Å². The molecule has 0 saturated carbocycles. The lowest BCUT2D eigenvalue weighted by molar-refractivity contribution is -0.127. The van der Waals surface area contributed by atoms with Gasteiger partial charge in [0.1, 0.15) is 5.75 Å².